The van der Waals surface area contributed by atoms with Crippen molar-refractivity contribution < 1.29 is 9.18 Å². The second kappa shape index (κ2) is 5.73. The molecule has 5 heteroatoms. The maximum Gasteiger partial charge on any atom is 0.261 e. The number of fused-ring (bicyclic) bond motifs is 1. The van der Waals surface area contributed by atoms with Gasteiger partial charge in [0, 0.05) is 16.8 Å². The Labute approximate surface area is 127 Å². The van der Waals surface area contributed by atoms with E-state index in [2.05, 4.69) is 17.6 Å². The number of carbonyl (C=O) groups is 1. The number of hydrogen-bond donors (Lipinski definition) is 2. The minimum Gasteiger partial charge on any atom is -0.347 e. The van der Waals surface area contributed by atoms with Gasteiger partial charge in [0.25, 0.3) is 5.91 Å². The lowest BCUT2D eigenvalue weighted by molar-refractivity contribution is 0.0923. The highest BCUT2D eigenvalue weighted by Gasteiger charge is 2.24. The molecule has 2 N–H and O–H groups in total. The molecule has 112 valence electrons. The first kappa shape index (κ1) is 14.5. The van der Waals surface area contributed by atoms with Gasteiger partial charge < -0.3 is 10.6 Å². The molecule has 0 saturated carbocycles. The molecule has 1 aromatic carbocycles. The molecule has 2 unspecified atom stereocenters. The fourth-order valence-corrected chi connectivity index (χ4v) is 3.98. The summed E-state index contributed by atoms with van der Waals surface area (Å²) in [5, 5.41) is 7.33. The van der Waals surface area contributed by atoms with E-state index in [9.17, 15) is 9.18 Å². The van der Waals surface area contributed by atoms with Crippen LogP contribution in [-0.2, 0) is 0 Å². The topological polar surface area (TPSA) is 41.1 Å². The lowest BCUT2D eigenvalue weighted by Gasteiger charge is -2.30. The molecule has 0 spiro atoms. The van der Waals surface area contributed by atoms with Gasteiger partial charge in [0.2, 0.25) is 0 Å². The number of amides is 1. The molecule has 1 saturated heterocycles. The molecule has 0 aliphatic carbocycles. The van der Waals surface area contributed by atoms with Crippen LogP contribution in [0.4, 0.5) is 4.39 Å². The largest absolute Gasteiger partial charge is 0.347 e. The second-order valence-electron chi connectivity index (χ2n) is 5.66. The van der Waals surface area contributed by atoms with E-state index in [1.54, 1.807) is 6.07 Å². The molecular formula is C16H19FN2OS. The number of hydrogen-bond acceptors (Lipinski definition) is 3. The lowest BCUT2D eigenvalue weighted by atomic mass is 9.99. The second-order valence-corrected chi connectivity index (χ2v) is 6.71. The van der Waals surface area contributed by atoms with Gasteiger partial charge in [-0.05, 0) is 62.4 Å². The number of carbonyl (C=O) groups excluding carboxylic acids is 1. The minimum absolute atomic E-state index is 0.0466. The van der Waals surface area contributed by atoms with Crippen LogP contribution >= 0.6 is 11.3 Å². The monoisotopic (exact) mass is 306 g/mol. The predicted molar refractivity (Wildman–Crippen MR) is 84.5 cm³/mol. The zero-order valence-corrected chi connectivity index (χ0v) is 13.0. The molecule has 0 bridgehead atoms. The van der Waals surface area contributed by atoms with Gasteiger partial charge in [0.1, 0.15) is 5.82 Å². The molecule has 1 aliphatic rings. The summed E-state index contributed by atoms with van der Waals surface area (Å²) in [5.74, 6) is -0.310. The average molecular weight is 306 g/mol. The molecule has 3 rings (SSSR count). The molecule has 21 heavy (non-hydrogen) atoms. The fourth-order valence-electron chi connectivity index (χ4n) is 2.88. The number of aryl methyl sites for hydroxylation is 1. The van der Waals surface area contributed by atoms with Crippen molar-refractivity contribution in [2.45, 2.75) is 38.8 Å². The molecule has 0 radical (unpaired) electrons. The summed E-state index contributed by atoms with van der Waals surface area (Å²) >= 11 is 1.43. The van der Waals surface area contributed by atoms with Crippen LogP contribution in [0, 0.1) is 12.7 Å². The summed E-state index contributed by atoms with van der Waals surface area (Å²) in [6.07, 6.45) is 2.07. The lowest BCUT2D eigenvalue weighted by Crippen LogP contribution is -2.51. The number of halogens is 1. The molecule has 1 fully saturated rings. The van der Waals surface area contributed by atoms with Gasteiger partial charge in [-0.3, -0.25) is 4.79 Å². The van der Waals surface area contributed by atoms with Crippen molar-refractivity contribution >= 4 is 27.3 Å². The third-order valence-electron chi connectivity index (χ3n) is 4.18. The average Bonchev–Trinajstić information content (AvgIpc) is 2.79. The van der Waals surface area contributed by atoms with Gasteiger partial charge in [0.15, 0.2) is 0 Å². The van der Waals surface area contributed by atoms with Crippen LogP contribution in [0.15, 0.2) is 18.2 Å². The van der Waals surface area contributed by atoms with Crippen molar-refractivity contribution in [3.63, 3.8) is 0 Å². The Balaban J connectivity index is 1.86. The highest BCUT2D eigenvalue weighted by atomic mass is 32.1. The summed E-state index contributed by atoms with van der Waals surface area (Å²) in [7, 11) is 0. The fraction of sp³-hybridized carbons (Fsp3) is 0.438. The van der Waals surface area contributed by atoms with E-state index in [0.717, 1.165) is 35.0 Å². The third-order valence-corrected chi connectivity index (χ3v) is 5.45. The summed E-state index contributed by atoms with van der Waals surface area (Å²) in [4.78, 5) is 13.2. The normalized spacial score (nSPS) is 22.4. The molecule has 3 nitrogen and oxygen atoms in total. The van der Waals surface area contributed by atoms with Gasteiger partial charge in [-0.1, -0.05) is 0 Å². The Hall–Kier alpha value is -1.46. The van der Waals surface area contributed by atoms with E-state index in [1.165, 1.54) is 23.5 Å². The number of benzene rings is 1. The van der Waals surface area contributed by atoms with Crippen LogP contribution in [0.25, 0.3) is 10.1 Å². The van der Waals surface area contributed by atoms with Crippen LogP contribution in [0.2, 0.25) is 0 Å². The first-order valence-electron chi connectivity index (χ1n) is 7.29. The van der Waals surface area contributed by atoms with Crippen LogP contribution in [-0.4, -0.2) is 24.5 Å². The van der Waals surface area contributed by atoms with Crippen LogP contribution in [0.1, 0.15) is 35.0 Å². The van der Waals surface area contributed by atoms with E-state index in [1.807, 2.05) is 6.92 Å². The maximum atomic E-state index is 13.3. The van der Waals surface area contributed by atoms with Crippen LogP contribution in [0.3, 0.4) is 0 Å². The van der Waals surface area contributed by atoms with Gasteiger partial charge >= 0.3 is 0 Å². The molecular weight excluding hydrogens is 287 g/mol. The van der Waals surface area contributed by atoms with Crippen LogP contribution < -0.4 is 10.6 Å². The summed E-state index contributed by atoms with van der Waals surface area (Å²) in [6.45, 7) is 4.99. The standard InChI is InChI=1S/C16H19FN2OS/c1-9-12-8-11(17)5-6-14(12)21-15(9)16(20)19-13-4-3-7-18-10(13)2/h5-6,8,10,13,18H,3-4,7H2,1-2H3,(H,19,20). The SMILES string of the molecule is Cc1c(C(=O)NC2CCCNC2C)sc2ccc(F)cc12. The van der Waals surface area contributed by atoms with Crippen molar-refractivity contribution in [3.8, 4) is 0 Å². The number of thiophene rings is 1. The Morgan fingerprint density at radius 3 is 3.05 bits per heavy atom. The quantitative estimate of drug-likeness (QED) is 0.894. The molecule has 2 heterocycles. The van der Waals surface area contributed by atoms with E-state index in [0.29, 0.717) is 4.88 Å². The Morgan fingerprint density at radius 2 is 2.29 bits per heavy atom. The number of rotatable bonds is 2. The molecule has 2 atom stereocenters. The van der Waals surface area contributed by atoms with Crippen molar-refractivity contribution in [1.29, 1.82) is 0 Å². The van der Waals surface area contributed by atoms with E-state index >= 15 is 0 Å². The summed E-state index contributed by atoms with van der Waals surface area (Å²) < 4.78 is 14.3. The number of piperidine rings is 1. The van der Waals surface area contributed by atoms with Crippen molar-refractivity contribution in [2.24, 2.45) is 0 Å². The van der Waals surface area contributed by atoms with Crippen LogP contribution in [0.5, 0.6) is 0 Å². The van der Waals surface area contributed by atoms with Crippen molar-refractivity contribution in [2.75, 3.05) is 6.54 Å². The molecule has 1 aliphatic heterocycles. The Morgan fingerprint density at radius 1 is 1.48 bits per heavy atom. The Kier molecular flexibility index (Phi) is 3.95. The third kappa shape index (κ3) is 2.80. The first-order chi connectivity index (χ1) is 10.1. The summed E-state index contributed by atoms with van der Waals surface area (Å²) in [6, 6.07) is 5.13. The van der Waals surface area contributed by atoms with Gasteiger partial charge in [-0.25, -0.2) is 4.39 Å². The summed E-state index contributed by atoms with van der Waals surface area (Å²) in [5.41, 5.74) is 0.864. The molecule has 1 aromatic heterocycles. The zero-order chi connectivity index (χ0) is 15.0. The molecule has 2 aromatic rings. The maximum absolute atomic E-state index is 13.3. The minimum atomic E-state index is -0.263. The van der Waals surface area contributed by atoms with E-state index in [4.69, 9.17) is 0 Å². The molecule has 1 amide bonds. The zero-order valence-electron chi connectivity index (χ0n) is 12.2. The van der Waals surface area contributed by atoms with Crippen molar-refractivity contribution in [3.05, 3.63) is 34.5 Å². The van der Waals surface area contributed by atoms with E-state index in [-0.39, 0.29) is 23.8 Å². The van der Waals surface area contributed by atoms with Gasteiger partial charge in [0.05, 0.1) is 4.88 Å². The smallest absolute Gasteiger partial charge is 0.261 e. The van der Waals surface area contributed by atoms with E-state index < -0.39 is 0 Å². The predicted octanol–water partition coefficient (Wildman–Crippen LogP) is 3.22. The van der Waals surface area contributed by atoms with Crippen molar-refractivity contribution in [1.82, 2.24) is 10.6 Å². The number of nitrogens with one attached hydrogen (secondary N) is 2. The first-order valence-corrected chi connectivity index (χ1v) is 8.11. The Bertz CT molecular complexity index is 682. The van der Waals surface area contributed by atoms with Gasteiger partial charge in [-0.15, -0.1) is 11.3 Å². The highest BCUT2D eigenvalue weighted by molar-refractivity contribution is 7.21. The highest BCUT2D eigenvalue weighted by Crippen LogP contribution is 2.31. The van der Waals surface area contributed by atoms with Gasteiger partial charge in [-0.2, -0.15) is 0 Å².